The van der Waals surface area contributed by atoms with Gasteiger partial charge in [-0.15, -0.1) is 0 Å². The van der Waals surface area contributed by atoms with Crippen molar-refractivity contribution < 1.29 is 0 Å². The van der Waals surface area contributed by atoms with E-state index in [1.165, 1.54) is 6.42 Å². The van der Waals surface area contributed by atoms with Crippen LogP contribution >= 0.6 is 0 Å². The largest absolute Gasteiger partial charge is 0.319 e. The highest BCUT2D eigenvalue weighted by Gasteiger charge is 2.34. The molecule has 0 amide bonds. The number of nitrogens with one attached hydrogen (secondary N) is 1. The summed E-state index contributed by atoms with van der Waals surface area (Å²) in [5, 5.41) is 3.25. The van der Waals surface area contributed by atoms with Crippen molar-refractivity contribution in [3.05, 3.63) is 0 Å². The first-order valence-electron chi connectivity index (χ1n) is 4.52. The molecule has 1 nitrogen and oxygen atoms in total. The van der Waals surface area contributed by atoms with Gasteiger partial charge in [0.15, 0.2) is 0 Å². The third-order valence-electron chi connectivity index (χ3n) is 3.33. The van der Waals surface area contributed by atoms with Gasteiger partial charge in [0.25, 0.3) is 0 Å². The van der Waals surface area contributed by atoms with Crippen molar-refractivity contribution in [2.75, 3.05) is 13.6 Å². The van der Waals surface area contributed by atoms with Gasteiger partial charge in [-0.05, 0) is 17.9 Å². The smallest absolute Gasteiger partial charge is 0.000462 e. The van der Waals surface area contributed by atoms with Crippen molar-refractivity contribution in [3.8, 4) is 0 Å². The van der Waals surface area contributed by atoms with Gasteiger partial charge in [-0.2, -0.15) is 0 Å². The van der Waals surface area contributed by atoms with Crippen molar-refractivity contribution in [1.82, 2.24) is 5.32 Å². The van der Waals surface area contributed by atoms with Crippen molar-refractivity contribution in [2.45, 2.75) is 41.0 Å². The minimum Gasteiger partial charge on any atom is -0.319 e. The van der Waals surface area contributed by atoms with E-state index in [1.807, 2.05) is 7.05 Å². The summed E-state index contributed by atoms with van der Waals surface area (Å²) in [5.74, 6) is 0. The van der Waals surface area contributed by atoms with Gasteiger partial charge in [-0.3, -0.25) is 0 Å². The van der Waals surface area contributed by atoms with E-state index in [0.29, 0.717) is 10.8 Å². The van der Waals surface area contributed by atoms with Crippen LogP contribution in [0.2, 0.25) is 0 Å². The Bertz CT molecular complexity index is 114. The summed E-state index contributed by atoms with van der Waals surface area (Å²) in [4.78, 5) is 0. The highest BCUT2D eigenvalue weighted by Crippen LogP contribution is 2.40. The Morgan fingerprint density at radius 3 is 1.73 bits per heavy atom. The summed E-state index contributed by atoms with van der Waals surface area (Å²) in [5.41, 5.74) is 0.812. The molecule has 0 aromatic carbocycles. The van der Waals surface area contributed by atoms with E-state index < -0.39 is 0 Å². The molecular formula is C10H23N. The van der Waals surface area contributed by atoms with Crippen LogP contribution in [0.3, 0.4) is 0 Å². The molecule has 0 saturated carbocycles. The van der Waals surface area contributed by atoms with Gasteiger partial charge in [0.05, 0.1) is 0 Å². The molecular weight excluding hydrogens is 134 g/mol. The molecule has 0 spiro atoms. The summed E-state index contributed by atoms with van der Waals surface area (Å²) in [6, 6.07) is 0. The predicted molar refractivity (Wildman–Crippen MR) is 51.8 cm³/mol. The van der Waals surface area contributed by atoms with Gasteiger partial charge >= 0.3 is 0 Å². The van der Waals surface area contributed by atoms with Gasteiger partial charge in [0.2, 0.25) is 0 Å². The normalized spacial score (nSPS) is 13.6. The highest BCUT2D eigenvalue weighted by atomic mass is 14.8. The summed E-state index contributed by atoms with van der Waals surface area (Å²) in [6.07, 6.45) is 1.24. The van der Waals surface area contributed by atoms with E-state index in [4.69, 9.17) is 0 Å². The molecule has 0 bridgehead atoms. The SMILES string of the molecule is CCC(C)(C)C(C)(C)CNC. The predicted octanol–water partition coefficient (Wildman–Crippen LogP) is 2.67. The van der Waals surface area contributed by atoms with Crippen molar-refractivity contribution >= 4 is 0 Å². The Kier molecular flexibility index (Phi) is 3.56. The Labute approximate surface area is 71.6 Å². The van der Waals surface area contributed by atoms with Gasteiger partial charge in [0.1, 0.15) is 0 Å². The van der Waals surface area contributed by atoms with E-state index in [0.717, 1.165) is 6.54 Å². The van der Waals surface area contributed by atoms with E-state index in [1.54, 1.807) is 0 Å². The third kappa shape index (κ3) is 2.48. The second-order valence-electron chi connectivity index (χ2n) is 4.65. The Balaban J connectivity index is 4.26. The molecule has 0 aromatic rings. The van der Waals surface area contributed by atoms with Crippen LogP contribution in [-0.2, 0) is 0 Å². The van der Waals surface area contributed by atoms with Gasteiger partial charge < -0.3 is 5.32 Å². The molecule has 0 radical (unpaired) electrons. The third-order valence-corrected chi connectivity index (χ3v) is 3.33. The lowest BCUT2D eigenvalue weighted by Crippen LogP contribution is -2.39. The van der Waals surface area contributed by atoms with Crippen LogP contribution in [0, 0.1) is 10.8 Å². The van der Waals surface area contributed by atoms with Crippen molar-refractivity contribution in [1.29, 1.82) is 0 Å². The number of hydrogen-bond acceptors (Lipinski definition) is 1. The maximum absolute atomic E-state index is 3.25. The van der Waals surface area contributed by atoms with Crippen molar-refractivity contribution in [3.63, 3.8) is 0 Å². The molecule has 1 N–H and O–H groups in total. The fourth-order valence-corrected chi connectivity index (χ4v) is 1.16. The van der Waals surface area contributed by atoms with Gasteiger partial charge in [0, 0.05) is 6.54 Å². The molecule has 11 heavy (non-hydrogen) atoms. The number of rotatable bonds is 4. The van der Waals surface area contributed by atoms with E-state index >= 15 is 0 Å². The molecule has 0 rings (SSSR count). The van der Waals surface area contributed by atoms with Gasteiger partial charge in [-0.1, -0.05) is 41.0 Å². The van der Waals surface area contributed by atoms with Crippen molar-refractivity contribution in [2.24, 2.45) is 10.8 Å². The lowest BCUT2D eigenvalue weighted by molar-refractivity contribution is 0.105. The maximum atomic E-state index is 3.25. The minimum absolute atomic E-state index is 0.385. The summed E-state index contributed by atoms with van der Waals surface area (Å²) >= 11 is 0. The Morgan fingerprint density at radius 1 is 1.00 bits per heavy atom. The molecule has 0 aromatic heterocycles. The summed E-state index contributed by atoms with van der Waals surface area (Å²) < 4.78 is 0. The van der Waals surface area contributed by atoms with Crippen LogP contribution in [-0.4, -0.2) is 13.6 Å². The second kappa shape index (κ2) is 3.57. The molecule has 0 aliphatic heterocycles. The molecule has 68 valence electrons. The molecule has 0 fully saturated rings. The Morgan fingerprint density at radius 2 is 1.45 bits per heavy atom. The van der Waals surface area contributed by atoms with Crippen LogP contribution in [0.4, 0.5) is 0 Å². The first kappa shape index (κ1) is 11.0. The van der Waals surface area contributed by atoms with E-state index in [2.05, 4.69) is 39.9 Å². The first-order valence-corrected chi connectivity index (χ1v) is 4.52. The van der Waals surface area contributed by atoms with E-state index in [-0.39, 0.29) is 0 Å². The topological polar surface area (TPSA) is 12.0 Å². The standard InChI is InChI=1S/C10H23N/c1-7-9(2,3)10(4,5)8-11-6/h11H,7-8H2,1-6H3. The van der Waals surface area contributed by atoms with E-state index in [9.17, 15) is 0 Å². The number of hydrogen-bond donors (Lipinski definition) is 1. The molecule has 0 aliphatic rings. The molecule has 0 aliphatic carbocycles. The average molecular weight is 157 g/mol. The summed E-state index contributed by atoms with van der Waals surface area (Å²) in [6.45, 7) is 12.7. The molecule has 1 heteroatoms. The molecule has 0 saturated heterocycles. The zero-order valence-corrected chi connectivity index (χ0v) is 8.91. The van der Waals surface area contributed by atoms with Crippen LogP contribution in [0.1, 0.15) is 41.0 Å². The minimum atomic E-state index is 0.385. The summed E-state index contributed by atoms with van der Waals surface area (Å²) in [7, 11) is 2.02. The quantitative estimate of drug-likeness (QED) is 0.661. The van der Waals surface area contributed by atoms with Crippen LogP contribution in [0.15, 0.2) is 0 Å². The van der Waals surface area contributed by atoms with Crippen LogP contribution < -0.4 is 5.32 Å². The highest BCUT2D eigenvalue weighted by molar-refractivity contribution is 4.86. The zero-order chi connectivity index (χ0) is 9.12. The molecule has 0 heterocycles. The van der Waals surface area contributed by atoms with Crippen LogP contribution in [0.25, 0.3) is 0 Å². The average Bonchev–Trinajstić information content (AvgIpc) is 1.87. The fraction of sp³-hybridized carbons (Fsp3) is 1.00. The van der Waals surface area contributed by atoms with Gasteiger partial charge in [-0.25, -0.2) is 0 Å². The monoisotopic (exact) mass is 157 g/mol. The zero-order valence-electron chi connectivity index (χ0n) is 8.91. The lowest BCUT2D eigenvalue weighted by Gasteiger charge is -2.41. The van der Waals surface area contributed by atoms with Crippen LogP contribution in [0.5, 0.6) is 0 Å². The first-order chi connectivity index (χ1) is 4.87. The Hall–Kier alpha value is -0.0400. The lowest BCUT2D eigenvalue weighted by atomic mass is 9.66. The maximum Gasteiger partial charge on any atom is 0.000462 e. The molecule has 0 atom stereocenters. The second-order valence-corrected chi connectivity index (χ2v) is 4.65. The fourth-order valence-electron chi connectivity index (χ4n) is 1.16. The molecule has 0 unspecified atom stereocenters.